The van der Waals surface area contributed by atoms with Gasteiger partial charge >= 0.3 is 0 Å². The zero-order chi connectivity index (χ0) is 25.6. The van der Waals surface area contributed by atoms with E-state index in [1.165, 1.54) is 65.7 Å². The van der Waals surface area contributed by atoms with Gasteiger partial charge < -0.3 is 0 Å². The number of halogens is 2. The highest BCUT2D eigenvalue weighted by molar-refractivity contribution is 9.10. The fraction of sp³-hybridized carbons (Fsp3) is 0. The Balaban J connectivity index is 1.81. The van der Waals surface area contributed by atoms with E-state index in [9.17, 15) is 0 Å². The summed E-state index contributed by atoms with van der Waals surface area (Å²) in [6.45, 7) is 0. The van der Waals surface area contributed by atoms with E-state index < -0.39 is 0 Å². The lowest BCUT2D eigenvalue weighted by molar-refractivity contribution is 1.58. The molecular weight excluding hydrogens is 592 g/mol. The van der Waals surface area contributed by atoms with Crippen LogP contribution >= 0.6 is 31.9 Å². The molecular formula is C36H22Br2. The molecule has 7 rings (SSSR count). The van der Waals surface area contributed by atoms with Crippen LogP contribution in [0, 0.1) is 0 Å². The van der Waals surface area contributed by atoms with Crippen LogP contribution in [0.5, 0.6) is 0 Å². The van der Waals surface area contributed by atoms with Gasteiger partial charge in [-0.2, -0.15) is 0 Å². The van der Waals surface area contributed by atoms with Crippen LogP contribution in [0.4, 0.5) is 0 Å². The van der Waals surface area contributed by atoms with E-state index in [0.717, 1.165) is 8.95 Å². The molecule has 0 bridgehead atoms. The predicted octanol–water partition coefficient (Wildman–Crippen LogP) is 11.7. The van der Waals surface area contributed by atoms with E-state index >= 15 is 0 Å². The van der Waals surface area contributed by atoms with Gasteiger partial charge in [-0.1, -0.05) is 135 Å². The molecule has 7 aromatic rings. The maximum absolute atomic E-state index is 3.75. The van der Waals surface area contributed by atoms with E-state index in [-0.39, 0.29) is 0 Å². The first-order valence-electron chi connectivity index (χ1n) is 12.7. The van der Waals surface area contributed by atoms with Crippen molar-refractivity contribution in [3.8, 4) is 33.4 Å². The van der Waals surface area contributed by atoms with E-state index in [1.54, 1.807) is 0 Å². The second-order valence-corrected chi connectivity index (χ2v) is 11.4. The van der Waals surface area contributed by atoms with Crippen LogP contribution in [0.15, 0.2) is 142 Å². The van der Waals surface area contributed by atoms with Crippen molar-refractivity contribution in [2.24, 2.45) is 0 Å². The Kier molecular flexibility index (Phi) is 5.88. The van der Waals surface area contributed by atoms with Crippen molar-refractivity contribution in [3.05, 3.63) is 142 Å². The van der Waals surface area contributed by atoms with Crippen molar-refractivity contribution in [2.75, 3.05) is 0 Å². The van der Waals surface area contributed by atoms with E-state index in [2.05, 4.69) is 165 Å². The molecule has 0 nitrogen and oxygen atoms in total. The molecule has 0 saturated heterocycles. The Morgan fingerprint density at radius 2 is 0.842 bits per heavy atom. The fourth-order valence-electron chi connectivity index (χ4n) is 5.78. The quantitative estimate of drug-likeness (QED) is 0.174. The Labute approximate surface area is 238 Å². The van der Waals surface area contributed by atoms with Crippen LogP contribution in [-0.4, -0.2) is 0 Å². The molecule has 0 heterocycles. The van der Waals surface area contributed by atoms with Crippen molar-refractivity contribution in [3.63, 3.8) is 0 Å². The summed E-state index contributed by atoms with van der Waals surface area (Å²) in [5.41, 5.74) is 7.32. The van der Waals surface area contributed by atoms with Crippen LogP contribution in [0.25, 0.3) is 65.7 Å². The van der Waals surface area contributed by atoms with Crippen LogP contribution in [0.3, 0.4) is 0 Å². The van der Waals surface area contributed by atoms with Crippen LogP contribution in [-0.2, 0) is 0 Å². The van der Waals surface area contributed by atoms with Gasteiger partial charge in [0.2, 0.25) is 0 Å². The Bertz CT molecular complexity index is 1990. The van der Waals surface area contributed by atoms with E-state index in [1.807, 2.05) is 0 Å². The van der Waals surface area contributed by atoms with Crippen LogP contribution < -0.4 is 0 Å². The lowest BCUT2D eigenvalue weighted by atomic mass is 9.81. The van der Waals surface area contributed by atoms with Crippen molar-refractivity contribution >= 4 is 64.2 Å². The van der Waals surface area contributed by atoms with Crippen molar-refractivity contribution < 1.29 is 0 Å². The summed E-state index contributed by atoms with van der Waals surface area (Å²) in [5.74, 6) is 0. The summed E-state index contributed by atoms with van der Waals surface area (Å²) in [4.78, 5) is 0. The molecule has 38 heavy (non-hydrogen) atoms. The predicted molar refractivity (Wildman–Crippen MR) is 171 cm³/mol. The first-order valence-corrected chi connectivity index (χ1v) is 14.2. The maximum Gasteiger partial charge on any atom is 0.0181 e. The third kappa shape index (κ3) is 3.88. The molecule has 0 aliphatic carbocycles. The lowest BCUT2D eigenvalue weighted by Gasteiger charge is -2.22. The molecule has 0 aliphatic rings. The zero-order valence-electron chi connectivity index (χ0n) is 20.5. The SMILES string of the molecule is Brc1cccc(-c2cc(-c3ccccc3)c(-c3cccc(Br)c3)c3c4ccccc4c4ccccc4c23)c1. The molecule has 180 valence electrons. The molecule has 7 aromatic carbocycles. The number of hydrogen-bond acceptors (Lipinski definition) is 0. The summed E-state index contributed by atoms with van der Waals surface area (Å²) in [7, 11) is 0. The highest BCUT2D eigenvalue weighted by atomic mass is 79.9. The smallest absolute Gasteiger partial charge is 0.0181 e. The molecule has 0 N–H and O–H groups in total. The molecule has 0 aliphatic heterocycles. The number of benzene rings is 7. The summed E-state index contributed by atoms with van der Waals surface area (Å²) in [5, 5.41) is 7.66. The first kappa shape index (κ1) is 23.4. The van der Waals surface area contributed by atoms with Crippen molar-refractivity contribution in [1.82, 2.24) is 0 Å². The molecule has 0 saturated carbocycles. The monoisotopic (exact) mass is 612 g/mol. The minimum Gasteiger partial charge on any atom is -0.0622 e. The van der Waals surface area contributed by atoms with E-state index in [4.69, 9.17) is 0 Å². The second kappa shape index (κ2) is 9.54. The minimum atomic E-state index is 1.07. The summed E-state index contributed by atoms with van der Waals surface area (Å²) >= 11 is 7.48. The Hall–Kier alpha value is -3.72. The Morgan fingerprint density at radius 3 is 1.47 bits per heavy atom. The second-order valence-electron chi connectivity index (χ2n) is 9.57. The molecule has 2 heteroatoms. The minimum absolute atomic E-state index is 1.07. The normalized spacial score (nSPS) is 11.4. The summed E-state index contributed by atoms with van der Waals surface area (Å²) in [6, 6.07) is 48.2. The summed E-state index contributed by atoms with van der Waals surface area (Å²) in [6.07, 6.45) is 0. The fourth-order valence-corrected chi connectivity index (χ4v) is 6.58. The molecule has 0 radical (unpaired) electrons. The van der Waals surface area contributed by atoms with Gasteiger partial charge in [-0.15, -0.1) is 0 Å². The third-order valence-electron chi connectivity index (χ3n) is 7.34. The topological polar surface area (TPSA) is 0 Å². The Morgan fingerprint density at radius 1 is 0.342 bits per heavy atom. The van der Waals surface area contributed by atoms with Gasteiger partial charge in [0.1, 0.15) is 0 Å². The largest absolute Gasteiger partial charge is 0.0622 e. The van der Waals surface area contributed by atoms with Gasteiger partial charge in [-0.25, -0.2) is 0 Å². The lowest BCUT2D eigenvalue weighted by Crippen LogP contribution is -1.94. The average molecular weight is 614 g/mol. The third-order valence-corrected chi connectivity index (χ3v) is 8.33. The van der Waals surface area contributed by atoms with Crippen molar-refractivity contribution in [1.29, 1.82) is 0 Å². The molecule has 0 atom stereocenters. The van der Waals surface area contributed by atoms with Gasteiger partial charge in [0, 0.05) is 8.95 Å². The van der Waals surface area contributed by atoms with Crippen LogP contribution in [0.1, 0.15) is 0 Å². The molecule has 0 fully saturated rings. The van der Waals surface area contributed by atoms with Crippen molar-refractivity contribution in [2.45, 2.75) is 0 Å². The molecule has 0 amide bonds. The maximum atomic E-state index is 3.75. The average Bonchev–Trinajstić information content (AvgIpc) is 2.97. The first-order chi connectivity index (χ1) is 18.7. The highest BCUT2D eigenvalue weighted by Gasteiger charge is 2.21. The molecule has 0 aromatic heterocycles. The number of rotatable bonds is 3. The van der Waals surface area contributed by atoms with E-state index in [0.29, 0.717) is 0 Å². The van der Waals surface area contributed by atoms with Gasteiger partial charge in [0.05, 0.1) is 0 Å². The molecule has 0 spiro atoms. The highest BCUT2D eigenvalue weighted by Crippen LogP contribution is 2.49. The zero-order valence-corrected chi connectivity index (χ0v) is 23.6. The summed E-state index contributed by atoms with van der Waals surface area (Å²) < 4.78 is 2.15. The molecule has 0 unspecified atom stereocenters. The van der Waals surface area contributed by atoms with Crippen LogP contribution in [0.2, 0.25) is 0 Å². The van der Waals surface area contributed by atoms with Gasteiger partial charge in [-0.05, 0) is 96.0 Å². The van der Waals surface area contributed by atoms with Gasteiger partial charge in [0.25, 0.3) is 0 Å². The van der Waals surface area contributed by atoms with Gasteiger partial charge in [-0.3, -0.25) is 0 Å². The number of fused-ring (bicyclic) bond motifs is 6. The number of hydrogen-bond donors (Lipinski definition) is 0. The standard InChI is InChI=1S/C36H22Br2/c37-26-14-8-12-24(20-26)33-22-32(23-10-2-1-3-11-23)34(25-13-9-15-27(38)21-25)36-31-19-7-5-17-29(31)28-16-4-6-18-30(28)35(33)36/h1-22H. The van der Waals surface area contributed by atoms with Gasteiger partial charge in [0.15, 0.2) is 0 Å².